The Bertz CT molecular complexity index is 3150. The molecule has 0 spiro atoms. The average Bonchev–Trinajstić information content (AvgIpc) is 3.41. The van der Waals surface area contributed by atoms with Gasteiger partial charge in [0.05, 0.1) is 5.41 Å². The summed E-state index contributed by atoms with van der Waals surface area (Å²) in [5.41, 5.74) is 9.28. The number of halogens is 2. The van der Waals surface area contributed by atoms with Gasteiger partial charge in [-0.3, -0.25) is 9.59 Å². The monoisotopic (exact) mass is 932 g/mol. The van der Waals surface area contributed by atoms with Crippen LogP contribution < -0.4 is 9.47 Å². The van der Waals surface area contributed by atoms with E-state index in [0.29, 0.717) is 55.3 Å². The van der Waals surface area contributed by atoms with Crippen LogP contribution in [0.5, 0.6) is 23.0 Å². The molecule has 0 fully saturated rings. The summed E-state index contributed by atoms with van der Waals surface area (Å²) < 4.78 is 13.5. The standard InChI is InChI=1S/C63H42Cl2O4/c64-53-31-21-45(22-32-53)61(66)47-25-35-55(36-26-47)68-59-39-29-51(41-57(59)43-13-5-1-6-14-43)63(49-17-9-3-10-18-49,50-19-11-4-12-20-50)52-30-40-60(58(42-52)44-15-7-2-8-16-44)69-56-37-27-48(28-38-56)62(67)46-23-33-54(65)34-24-46/h1-42H. The van der Waals surface area contributed by atoms with Crippen LogP contribution in [0.1, 0.15) is 54.1 Å². The molecule has 0 unspecified atom stereocenters. The Labute approximate surface area is 411 Å². The highest BCUT2D eigenvalue weighted by Gasteiger charge is 2.39. The molecule has 10 rings (SSSR count). The molecule has 0 saturated carbocycles. The van der Waals surface area contributed by atoms with Gasteiger partial charge in [-0.2, -0.15) is 0 Å². The Morgan fingerprint density at radius 2 is 0.623 bits per heavy atom. The molecule has 0 saturated heterocycles. The molecular formula is C63H42Cl2O4. The normalized spacial score (nSPS) is 11.2. The fourth-order valence-corrected chi connectivity index (χ4v) is 9.16. The van der Waals surface area contributed by atoms with Crippen molar-refractivity contribution in [2.75, 3.05) is 0 Å². The summed E-state index contributed by atoms with van der Waals surface area (Å²) in [7, 11) is 0. The molecule has 0 amide bonds. The third-order valence-electron chi connectivity index (χ3n) is 12.3. The lowest BCUT2D eigenvalue weighted by Crippen LogP contribution is -2.31. The van der Waals surface area contributed by atoms with Crippen molar-refractivity contribution >= 4 is 34.8 Å². The highest BCUT2D eigenvalue weighted by Crippen LogP contribution is 2.50. The molecule has 0 aliphatic heterocycles. The van der Waals surface area contributed by atoms with Crippen LogP contribution in [0, 0.1) is 0 Å². The third-order valence-corrected chi connectivity index (χ3v) is 12.8. The van der Waals surface area contributed by atoms with Crippen LogP contribution in [0.15, 0.2) is 255 Å². The Balaban J connectivity index is 1.09. The number of hydrogen-bond acceptors (Lipinski definition) is 4. The van der Waals surface area contributed by atoms with E-state index in [1.54, 1.807) is 72.8 Å². The quantitative estimate of drug-likeness (QED) is 0.0805. The van der Waals surface area contributed by atoms with Gasteiger partial charge in [-0.15, -0.1) is 0 Å². The van der Waals surface area contributed by atoms with E-state index >= 15 is 0 Å². The van der Waals surface area contributed by atoms with Crippen LogP contribution in [0.25, 0.3) is 22.3 Å². The number of rotatable bonds is 14. The van der Waals surface area contributed by atoms with Crippen LogP contribution >= 0.6 is 23.2 Å². The van der Waals surface area contributed by atoms with Crippen LogP contribution in [-0.4, -0.2) is 11.6 Å². The predicted molar refractivity (Wildman–Crippen MR) is 278 cm³/mol. The molecule has 69 heavy (non-hydrogen) atoms. The average molecular weight is 934 g/mol. The van der Waals surface area contributed by atoms with E-state index in [4.69, 9.17) is 32.7 Å². The van der Waals surface area contributed by atoms with Crippen molar-refractivity contribution in [3.05, 3.63) is 309 Å². The minimum atomic E-state index is -0.847. The molecule has 10 aromatic rings. The number of ether oxygens (including phenoxy) is 2. The molecule has 6 heteroatoms. The van der Waals surface area contributed by atoms with E-state index in [0.717, 1.165) is 44.5 Å². The van der Waals surface area contributed by atoms with Gasteiger partial charge in [0.25, 0.3) is 0 Å². The SMILES string of the molecule is O=C(c1ccc(Cl)cc1)c1ccc(Oc2ccc(C(c3ccccc3)(c3ccccc3)c3ccc(Oc4ccc(C(=O)c5ccc(Cl)cc5)cc4)c(-c4ccccc4)c3)cc2-c2ccccc2)cc1. The first-order chi connectivity index (χ1) is 33.8. The topological polar surface area (TPSA) is 52.6 Å². The second-order valence-corrected chi connectivity index (χ2v) is 17.4. The van der Waals surface area contributed by atoms with E-state index in [1.807, 2.05) is 84.9 Å². The summed E-state index contributed by atoms with van der Waals surface area (Å²) in [5.74, 6) is 2.31. The maximum Gasteiger partial charge on any atom is 0.193 e. The summed E-state index contributed by atoms with van der Waals surface area (Å²) in [6.07, 6.45) is 0. The van der Waals surface area contributed by atoms with Crippen LogP contribution in [-0.2, 0) is 5.41 Å². The summed E-state index contributed by atoms with van der Waals surface area (Å²) in [6, 6.07) is 82.8. The highest BCUT2D eigenvalue weighted by molar-refractivity contribution is 6.31. The van der Waals surface area contributed by atoms with Gasteiger partial charge in [0, 0.05) is 43.4 Å². The molecular weight excluding hydrogens is 892 g/mol. The van der Waals surface area contributed by atoms with Gasteiger partial charge < -0.3 is 9.47 Å². The molecule has 0 N–H and O–H groups in total. The summed E-state index contributed by atoms with van der Waals surface area (Å²) in [6.45, 7) is 0. The number of ketones is 2. The molecule has 0 atom stereocenters. The van der Waals surface area contributed by atoms with E-state index in [-0.39, 0.29) is 11.6 Å². The number of benzene rings is 10. The smallest absolute Gasteiger partial charge is 0.193 e. The Morgan fingerprint density at radius 1 is 0.319 bits per heavy atom. The van der Waals surface area contributed by atoms with Gasteiger partial charge in [-0.05, 0) is 155 Å². The zero-order valence-corrected chi connectivity index (χ0v) is 38.6. The zero-order chi connectivity index (χ0) is 47.2. The second kappa shape index (κ2) is 19.9. The van der Waals surface area contributed by atoms with E-state index < -0.39 is 5.41 Å². The minimum absolute atomic E-state index is 0.0988. The maximum atomic E-state index is 13.3. The van der Waals surface area contributed by atoms with Crippen molar-refractivity contribution in [2.45, 2.75) is 5.41 Å². The van der Waals surface area contributed by atoms with E-state index in [9.17, 15) is 9.59 Å². The van der Waals surface area contributed by atoms with Crippen molar-refractivity contribution in [2.24, 2.45) is 0 Å². The van der Waals surface area contributed by atoms with Crippen molar-refractivity contribution in [1.82, 2.24) is 0 Å². The van der Waals surface area contributed by atoms with Crippen LogP contribution in [0.2, 0.25) is 10.0 Å². The first kappa shape index (κ1) is 44.6. The molecule has 0 bridgehead atoms. The molecule has 0 aliphatic carbocycles. The third kappa shape index (κ3) is 9.37. The van der Waals surface area contributed by atoms with Crippen molar-refractivity contribution < 1.29 is 19.1 Å². The fourth-order valence-electron chi connectivity index (χ4n) is 8.91. The minimum Gasteiger partial charge on any atom is -0.457 e. The number of carbonyl (C=O) groups is 2. The second-order valence-electron chi connectivity index (χ2n) is 16.6. The lowest BCUT2D eigenvalue weighted by Gasteiger charge is -2.37. The van der Waals surface area contributed by atoms with Gasteiger partial charge in [0.1, 0.15) is 23.0 Å². The Kier molecular flexibility index (Phi) is 12.8. The molecule has 0 aromatic heterocycles. The van der Waals surface area contributed by atoms with Gasteiger partial charge in [-0.25, -0.2) is 0 Å². The molecule has 0 heterocycles. The largest absolute Gasteiger partial charge is 0.457 e. The highest BCUT2D eigenvalue weighted by atomic mass is 35.5. The Morgan fingerprint density at radius 3 is 0.957 bits per heavy atom. The number of hydrogen-bond donors (Lipinski definition) is 0. The van der Waals surface area contributed by atoms with Gasteiger partial charge in [-0.1, -0.05) is 157 Å². The lowest BCUT2D eigenvalue weighted by molar-refractivity contribution is 0.103. The molecule has 4 nitrogen and oxygen atoms in total. The fraction of sp³-hybridized carbons (Fsp3) is 0.0159. The maximum absolute atomic E-state index is 13.3. The summed E-state index contributed by atoms with van der Waals surface area (Å²) >= 11 is 12.2. The molecule has 0 aliphatic rings. The van der Waals surface area contributed by atoms with E-state index in [2.05, 4.69) is 97.1 Å². The van der Waals surface area contributed by atoms with Crippen molar-refractivity contribution in [3.63, 3.8) is 0 Å². The zero-order valence-electron chi connectivity index (χ0n) is 37.1. The van der Waals surface area contributed by atoms with Crippen LogP contribution in [0.3, 0.4) is 0 Å². The van der Waals surface area contributed by atoms with Gasteiger partial charge in [0.2, 0.25) is 0 Å². The Hall–Kier alpha value is -8.28. The van der Waals surface area contributed by atoms with Gasteiger partial charge >= 0.3 is 0 Å². The van der Waals surface area contributed by atoms with E-state index in [1.165, 1.54) is 0 Å². The summed E-state index contributed by atoms with van der Waals surface area (Å²) in [5, 5.41) is 1.15. The van der Waals surface area contributed by atoms with Gasteiger partial charge in [0.15, 0.2) is 11.6 Å². The molecule has 10 aromatic carbocycles. The molecule has 332 valence electrons. The van der Waals surface area contributed by atoms with Crippen molar-refractivity contribution in [1.29, 1.82) is 0 Å². The molecule has 0 radical (unpaired) electrons. The first-order valence-electron chi connectivity index (χ1n) is 22.5. The predicted octanol–water partition coefficient (Wildman–Crippen LogP) is 16.8. The number of carbonyl (C=O) groups excluding carboxylic acids is 2. The first-order valence-corrected chi connectivity index (χ1v) is 23.3. The van der Waals surface area contributed by atoms with Crippen molar-refractivity contribution in [3.8, 4) is 45.3 Å². The summed E-state index contributed by atoms with van der Waals surface area (Å²) in [4.78, 5) is 26.7. The lowest BCUT2D eigenvalue weighted by atomic mass is 9.64. The van der Waals surface area contributed by atoms with Crippen LogP contribution in [0.4, 0.5) is 0 Å².